The summed E-state index contributed by atoms with van der Waals surface area (Å²) in [5, 5.41) is 9.40. The Morgan fingerprint density at radius 1 is 1.50 bits per heavy atom. The van der Waals surface area contributed by atoms with Crippen molar-refractivity contribution in [3.8, 4) is 5.75 Å². The molecule has 1 N–H and O–H groups in total. The Morgan fingerprint density at radius 2 is 2.30 bits per heavy atom. The molecule has 1 aliphatic rings. The van der Waals surface area contributed by atoms with Gasteiger partial charge in [0.15, 0.2) is 5.78 Å². The lowest BCUT2D eigenvalue weighted by molar-refractivity contribution is 0.101. The van der Waals surface area contributed by atoms with E-state index in [1.54, 1.807) is 6.92 Å². The minimum Gasteiger partial charge on any atom is -0.494 e. The molecule has 1 aliphatic heterocycles. The molecule has 0 aliphatic carbocycles. The quantitative estimate of drug-likeness (QED) is 0.810. The number of hydrogen-bond acceptors (Lipinski definition) is 4. The number of aliphatic hydroxyl groups excluding tert-OH is 1. The van der Waals surface area contributed by atoms with Crippen LogP contribution in [0.5, 0.6) is 5.75 Å². The fourth-order valence-corrected chi connectivity index (χ4v) is 2.75. The van der Waals surface area contributed by atoms with E-state index in [1.165, 1.54) is 0 Å². The summed E-state index contributed by atoms with van der Waals surface area (Å²) in [7, 11) is 0. The lowest BCUT2D eigenvalue weighted by atomic mass is 10.1. The molecule has 1 fully saturated rings. The van der Waals surface area contributed by atoms with Crippen LogP contribution in [-0.4, -0.2) is 41.6 Å². The second kappa shape index (κ2) is 6.86. The molecule has 0 aromatic heterocycles. The normalized spacial score (nSPS) is 19.2. The zero-order chi connectivity index (χ0) is 14.5. The summed E-state index contributed by atoms with van der Waals surface area (Å²) in [5.41, 5.74) is 1.74. The van der Waals surface area contributed by atoms with Crippen molar-refractivity contribution >= 4 is 5.78 Å². The van der Waals surface area contributed by atoms with Crippen LogP contribution in [0.4, 0.5) is 0 Å². The minimum atomic E-state index is 0.0643. The molecular weight excluding hydrogens is 254 g/mol. The number of likely N-dealkylation sites (tertiary alicyclic amines) is 1. The number of benzene rings is 1. The van der Waals surface area contributed by atoms with Crippen LogP contribution in [0.25, 0.3) is 0 Å². The Kier molecular flexibility index (Phi) is 5.15. The second-order valence-electron chi connectivity index (χ2n) is 5.26. The topological polar surface area (TPSA) is 49.8 Å². The maximum atomic E-state index is 11.5. The van der Waals surface area contributed by atoms with E-state index < -0.39 is 0 Å². The summed E-state index contributed by atoms with van der Waals surface area (Å²) < 4.78 is 5.65. The Balaban J connectivity index is 2.22. The van der Waals surface area contributed by atoms with Crippen molar-refractivity contribution in [1.29, 1.82) is 0 Å². The zero-order valence-electron chi connectivity index (χ0n) is 12.3. The average Bonchev–Trinajstić information content (AvgIpc) is 2.88. The minimum absolute atomic E-state index is 0.0643. The largest absolute Gasteiger partial charge is 0.494 e. The summed E-state index contributed by atoms with van der Waals surface area (Å²) in [4.78, 5) is 13.8. The van der Waals surface area contributed by atoms with Crippen LogP contribution in [0, 0.1) is 0 Å². The van der Waals surface area contributed by atoms with Gasteiger partial charge < -0.3 is 9.84 Å². The van der Waals surface area contributed by atoms with Crippen molar-refractivity contribution in [2.45, 2.75) is 39.3 Å². The Morgan fingerprint density at radius 3 is 2.95 bits per heavy atom. The molecular formula is C16H23NO3. The molecule has 1 atom stereocenters. The lowest BCUT2D eigenvalue weighted by Crippen LogP contribution is -2.31. The van der Waals surface area contributed by atoms with E-state index in [0.29, 0.717) is 12.2 Å². The Hall–Kier alpha value is -1.39. The molecule has 0 bridgehead atoms. The first-order valence-electron chi connectivity index (χ1n) is 7.27. The summed E-state index contributed by atoms with van der Waals surface area (Å²) in [6.07, 6.45) is 2.15. The van der Waals surface area contributed by atoms with Gasteiger partial charge in [-0.3, -0.25) is 9.69 Å². The van der Waals surface area contributed by atoms with Gasteiger partial charge in [-0.2, -0.15) is 0 Å². The maximum Gasteiger partial charge on any atom is 0.159 e. The molecule has 4 nitrogen and oxygen atoms in total. The summed E-state index contributed by atoms with van der Waals surface area (Å²) in [6.45, 7) is 6.04. The van der Waals surface area contributed by atoms with Crippen LogP contribution in [-0.2, 0) is 6.54 Å². The molecule has 0 unspecified atom stereocenters. The number of ketones is 1. The second-order valence-corrected chi connectivity index (χ2v) is 5.26. The van der Waals surface area contributed by atoms with Gasteiger partial charge in [0.1, 0.15) is 5.75 Å². The van der Waals surface area contributed by atoms with Gasteiger partial charge in [-0.1, -0.05) is 0 Å². The molecule has 2 rings (SSSR count). The molecule has 4 heteroatoms. The standard InChI is InChI=1S/C16H23NO3/c1-3-20-16-7-6-13(12(2)19)9-14(16)10-17-8-4-5-15(17)11-18/h6-7,9,15,18H,3-5,8,10-11H2,1-2H3/t15-/m0/s1. The highest BCUT2D eigenvalue weighted by Crippen LogP contribution is 2.26. The molecule has 110 valence electrons. The molecule has 20 heavy (non-hydrogen) atoms. The summed E-state index contributed by atoms with van der Waals surface area (Å²) >= 11 is 0. The monoisotopic (exact) mass is 277 g/mol. The number of rotatable bonds is 6. The van der Waals surface area contributed by atoms with E-state index in [1.807, 2.05) is 25.1 Å². The van der Waals surface area contributed by atoms with Crippen LogP contribution < -0.4 is 4.74 Å². The van der Waals surface area contributed by atoms with Crippen molar-refractivity contribution in [2.75, 3.05) is 19.8 Å². The van der Waals surface area contributed by atoms with Gasteiger partial charge in [-0.05, 0) is 51.4 Å². The SMILES string of the molecule is CCOc1ccc(C(C)=O)cc1CN1CCC[C@H]1CO. The highest BCUT2D eigenvalue weighted by atomic mass is 16.5. The van der Waals surface area contributed by atoms with E-state index in [4.69, 9.17) is 4.74 Å². The highest BCUT2D eigenvalue weighted by Gasteiger charge is 2.24. The third-order valence-corrected chi connectivity index (χ3v) is 3.85. The summed E-state index contributed by atoms with van der Waals surface area (Å²) in [5.74, 6) is 0.899. The number of ether oxygens (including phenoxy) is 1. The third-order valence-electron chi connectivity index (χ3n) is 3.85. The van der Waals surface area contributed by atoms with E-state index >= 15 is 0 Å². The smallest absolute Gasteiger partial charge is 0.159 e. The number of hydrogen-bond donors (Lipinski definition) is 1. The summed E-state index contributed by atoms with van der Waals surface area (Å²) in [6, 6.07) is 5.83. The fraction of sp³-hybridized carbons (Fsp3) is 0.562. The van der Waals surface area contributed by atoms with E-state index in [2.05, 4.69) is 4.90 Å². The van der Waals surface area contributed by atoms with Gasteiger partial charge in [0.2, 0.25) is 0 Å². The van der Waals surface area contributed by atoms with E-state index in [-0.39, 0.29) is 18.4 Å². The van der Waals surface area contributed by atoms with Crippen molar-refractivity contribution in [1.82, 2.24) is 4.90 Å². The van der Waals surface area contributed by atoms with Crippen molar-refractivity contribution in [3.05, 3.63) is 29.3 Å². The van der Waals surface area contributed by atoms with Crippen molar-refractivity contribution < 1.29 is 14.6 Å². The zero-order valence-corrected chi connectivity index (χ0v) is 12.3. The lowest BCUT2D eigenvalue weighted by Gasteiger charge is -2.24. The van der Waals surface area contributed by atoms with Crippen molar-refractivity contribution in [2.24, 2.45) is 0 Å². The van der Waals surface area contributed by atoms with Gasteiger partial charge >= 0.3 is 0 Å². The number of nitrogens with zero attached hydrogens (tertiary/aromatic N) is 1. The molecule has 1 aromatic carbocycles. The first-order valence-corrected chi connectivity index (χ1v) is 7.27. The number of aliphatic hydroxyl groups is 1. The van der Waals surface area contributed by atoms with E-state index in [0.717, 1.165) is 37.2 Å². The van der Waals surface area contributed by atoms with E-state index in [9.17, 15) is 9.90 Å². The van der Waals surface area contributed by atoms with Crippen LogP contribution in [0.3, 0.4) is 0 Å². The maximum absolute atomic E-state index is 11.5. The van der Waals surface area contributed by atoms with Crippen molar-refractivity contribution in [3.63, 3.8) is 0 Å². The third kappa shape index (κ3) is 3.38. The van der Waals surface area contributed by atoms with Crippen LogP contribution in [0.15, 0.2) is 18.2 Å². The van der Waals surface area contributed by atoms with Crippen LogP contribution in [0.1, 0.15) is 42.6 Å². The Labute approximate surface area is 120 Å². The van der Waals surface area contributed by atoms with Crippen LogP contribution >= 0.6 is 0 Å². The predicted octanol–water partition coefficient (Wildman–Crippen LogP) is 2.24. The number of carbonyl (C=O) groups is 1. The van der Waals surface area contributed by atoms with Gasteiger partial charge in [0.25, 0.3) is 0 Å². The molecule has 0 radical (unpaired) electrons. The molecule has 1 aromatic rings. The predicted molar refractivity (Wildman–Crippen MR) is 78.1 cm³/mol. The van der Waals surface area contributed by atoms with Crippen LogP contribution in [0.2, 0.25) is 0 Å². The van der Waals surface area contributed by atoms with Gasteiger partial charge in [0, 0.05) is 23.7 Å². The fourth-order valence-electron chi connectivity index (χ4n) is 2.75. The van der Waals surface area contributed by atoms with Gasteiger partial charge in [-0.15, -0.1) is 0 Å². The Bertz CT molecular complexity index is 473. The highest BCUT2D eigenvalue weighted by molar-refractivity contribution is 5.94. The van der Waals surface area contributed by atoms with Gasteiger partial charge in [-0.25, -0.2) is 0 Å². The molecule has 1 heterocycles. The molecule has 0 saturated carbocycles. The molecule has 0 amide bonds. The van der Waals surface area contributed by atoms with Gasteiger partial charge in [0.05, 0.1) is 13.2 Å². The first kappa shape index (κ1) is 15.0. The first-order chi connectivity index (χ1) is 9.65. The average molecular weight is 277 g/mol. The number of Topliss-reactive ketones (excluding diaryl/α,β-unsaturated/α-hetero) is 1. The molecule has 1 saturated heterocycles. The molecule has 0 spiro atoms. The number of carbonyl (C=O) groups excluding carboxylic acids is 1.